The zero-order valence-corrected chi connectivity index (χ0v) is 12.8. The van der Waals surface area contributed by atoms with Crippen LogP contribution >= 0.6 is 11.8 Å². The number of aromatic nitrogens is 2. The summed E-state index contributed by atoms with van der Waals surface area (Å²) in [7, 11) is 1.92. The van der Waals surface area contributed by atoms with E-state index in [2.05, 4.69) is 15.6 Å². The predicted octanol–water partition coefficient (Wildman–Crippen LogP) is 0.0890. The maximum atomic E-state index is 12.0. The van der Waals surface area contributed by atoms with Crippen LogP contribution in [0.4, 0.5) is 0 Å². The first-order chi connectivity index (χ1) is 9.40. The molecule has 7 heteroatoms. The molecule has 1 aromatic rings. The van der Waals surface area contributed by atoms with Crippen molar-refractivity contribution < 1.29 is 9.59 Å². The molecule has 0 unspecified atom stereocenters. The molecular weight excluding hydrogens is 276 g/mol. The first-order valence-electron chi connectivity index (χ1n) is 6.59. The SMILES string of the molecule is Cn1ccnc1CCNC(=O)[C@@H]1CSC(C)(C)C(=O)N1. The molecule has 1 aliphatic heterocycles. The highest BCUT2D eigenvalue weighted by molar-refractivity contribution is 8.01. The van der Waals surface area contributed by atoms with Gasteiger partial charge in [-0.15, -0.1) is 11.8 Å². The number of rotatable bonds is 4. The summed E-state index contributed by atoms with van der Waals surface area (Å²) >= 11 is 1.51. The molecule has 1 saturated heterocycles. The van der Waals surface area contributed by atoms with Crippen molar-refractivity contribution in [2.24, 2.45) is 7.05 Å². The van der Waals surface area contributed by atoms with Crippen LogP contribution in [-0.4, -0.2) is 44.5 Å². The van der Waals surface area contributed by atoms with Crippen LogP contribution in [-0.2, 0) is 23.1 Å². The van der Waals surface area contributed by atoms with Gasteiger partial charge in [0.05, 0.1) is 4.75 Å². The number of nitrogens with zero attached hydrogens (tertiary/aromatic N) is 2. The number of carbonyl (C=O) groups excluding carboxylic acids is 2. The van der Waals surface area contributed by atoms with Crippen LogP contribution in [0, 0.1) is 0 Å². The van der Waals surface area contributed by atoms with Gasteiger partial charge in [-0.05, 0) is 13.8 Å². The Morgan fingerprint density at radius 1 is 1.65 bits per heavy atom. The fourth-order valence-electron chi connectivity index (χ4n) is 1.93. The lowest BCUT2D eigenvalue weighted by atomic mass is 10.1. The van der Waals surface area contributed by atoms with Crippen LogP contribution in [0.3, 0.4) is 0 Å². The summed E-state index contributed by atoms with van der Waals surface area (Å²) < 4.78 is 1.47. The van der Waals surface area contributed by atoms with E-state index in [9.17, 15) is 9.59 Å². The monoisotopic (exact) mass is 296 g/mol. The van der Waals surface area contributed by atoms with E-state index >= 15 is 0 Å². The first-order valence-corrected chi connectivity index (χ1v) is 7.57. The highest BCUT2D eigenvalue weighted by atomic mass is 32.2. The van der Waals surface area contributed by atoms with Crippen molar-refractivity contribution in [1.82, 2.24) is 20.2 Å². The van der Waals surface area contributed by atoms with Gasteiger partial charge in [-0.2, -0.15) is 0 Å². The fourth-order valence-corrected chi connectivity index (χ4v) is 2.94. The molecule has 2 heterocycles. The van der Waals surface area contributed by atoms with E-state index in [1.807, 2.05) is 31.7 Å². The molecular formula is C13H20N4O2S. The number of imidazole rings is 1. The van der Waals surface area contributed by atoms with Gasteiger partial charge in [0.25, 0.3) is 0 Å². The lowest BCUT2D eigenvalue weighted by Gasteiger charge is -2.32. The minimum absolute atomic E-state index is 0.0852. The largest absolute Gasteiger partial charge is 0.354 e. The third kappa shape index (κ3) is 3.33. The number of thioether (sulfide) groups is 1. The molecule has 2 amide bonds. The van der Waals surface area contributed by atoms with Gasteiger partial charge < -0.3 is 15.2 Å². The Morgan fingerprint density at radius 3 is 3.00 bits per heavy atom. The molecule has 0 aromatic carbocycles. The Hall–Kier alpha value is -1.50. The Labute approximate surface area is 122 Å². The number of hydrogen-bond donors (Lipinski definition) is 2. The zero-order valence-electron chi connectivity index (χ0n) is 12.0. The molecule has 0 aliphatic carbocycles. The maximum Gasteiger partial charge on any atom is 0.243 e. The van der Waals surface area contributed by atoms with Crippen LogP contribution in [0.1, 0.15) is 19.7 Å². The second-order valence-electron chi connectivity index (χ2n) is 5.34. The molecule has 1 aromatic heterocycles. The average molecular weight is 296 g/mol. The van der Waals surface area contributed by atoms with Crippen molar-refractivity contribution in [3.05, 3.63) is 18.2 Å². The Balaban J connectivity index is 1.78. The van der Waals surface area contributed by atoms with Gasteiger partial charge in [-0.1, -0.05) is 0 Å². The number of carbonyl (C=O) groups is 2. The van der Waals surface area contributed by atoms with E-state index in [-0.39, 0.29) is 11.8 Å². The molecule has 1 atom stereocenters. The summed E-state index contributed by atoms with van der Waals surface area (Å²) in [4.78, 5) is 28.0. The molecule has 20 heavy (non-hydrogen) atoms. The summed E-state index contributed by atoms with van der Waals surface area (Å²) in [5.74, 6) is 1.31. The van der Waals surface area contributed by atoms with E-state index in [4.69, 9.17) is 0 Å². The first kappa shape index (κ1) is 14.9. The summed E-state index contributed by atoms with van der Waals surface area (Å²) in [6.45, 7) is 4.24. The van der Waals surface area contributed by atoms with Gasteiger partial charge in [0, 0.05) is 38.2 Å². The molecule has 2 rings (SSSR count). The minimum atomic E-state index is -0.455. The average Bonchev–Trinajstić information content (AvgIpc) is 2.78. The molecule has 0 saturated carbocycles. The van der Waals surface area contributed by atoms with Crippen molar-refractivity contribution >= 4 is 23.6 Å². The standard InChI is InChI=1S/C13H20N4O2S/c1-13(2)12(19)16-9(8-20-13)11(18)15-5-4-10-14-6-7-17(10)3/h6-7,9H,4-5,8H2,1-3H3,(H,15,18)(H,16,19)/t9-/m0/s1. The molecule has 1 fully saturated rings. The maximum absolute atomic E-state index is 12.0. The minimum Gasteiger partial charge on any atom is -0.354 e. The number of hydrogen-bond acceptors (Lipinski definition) is 4. The highest BCUT2D eigenvalue weighted by Gasteiger charge is 2.37. The predicted molar refractivity (Wildman–Crippen MR) is 78.4 cm³/mol. The van der Waals surface area contributed by atoms with Gasteiger partial charge in [0.15, 0.2) is 0 Å². The van der Waals surface area contributed by atoms with Gasteiger partial charge in [0.2, 0.25) is 11.8 Å². The van der Waals surface area contributed by atoms with Crippen molar-refractivity contribution in [2.75, 3.05) is 12.3 Å². The second kappa shape index (κ2) is 5.87. The van der Waals surface area contributed by atoms with Crippen molar-refractivity contribution in [3.63, 3.8) is 0 Å². The Kier molecular flexibility index (Phi) is 4.37. The van der Waals surface area contributed by atoms with Gasteiger partial charge in [-0.3, -0.25) is 9.59 Å². The van der Waals surface area contributed by atoms with Crippen LogP contribution in [0.25, 0.3) is 0 Å². The summed E-state index contributed by atoms with van der Waals surface area (Å²) in [6.07, 6.45) is 4.28. The van der Waals surface area contributed by atoms with E-state index < -0.39 is 10.8 Å². The van der Waals surface area contributed by atoms with Gasteiger partial charge >= 0.3 is 0 Å². The van der Waals surface area contributed by atoms with E-state index in [1.54, 1.807) is 6.20 Å². The fraction of sp³-hybridized carbons (Fsp3) is 0.615. The Morgan fingerprint density at radius 2 is 2.40 bits per heavy atom. The summed E-state index contributed by atoms with van der Waals surface area (Å²) in [6, 6.07) is -0.443. The van der Waals surface area contributed by atoms with Crippen LogP contribution in [0.5, 0.6) is 0 Å². The second-order valence-corrected chi connectivity index (χ2v) is 6.99. The number of amides is 2. The molecule has 0 spiro atoms. The summed E-state index contributed by atoms with van der Waals surface area (Å²) in [5.41, 5.74) is 0. The van der Waals surface area contributed by atoms with Crippen LogP contribution in [0.2, 0.25) is 0 Å². The summed E-state index contributed by atoms with van der Waals surface area (Å²) in [5, 5.41) is 5.61. The highest BCUT2D eigenvalue weighted by Crippen LogP contribution is 2.28. The number of nitrogens with one attached hydrogen (secondary N) is 2. The van der Waals surface area contributed by atoms with E-state index in [1.165, 1.54) is 11.8 Å². The van der Waals surface area contributed by atoms with Gasteiger partial charge in [-0.25, -0.2) is 4.98 Å². The normalized spacial score (nSPS) is 21.4. The number of aryl methyl sites for hydroxylation is 1. The lowest BCUT2D eigenvalue weighted by molar-refractivity contribution is -0.129. The van der Waals surface area contributed by atoms with Crippen LogP contribution < -0.4 is 10.6 Å². The molecule has 6 nitrogen and oxygen atoms in total. The molecule has 110 valence electrons. The lowest BCUT2D eigenvalue weighted by Crippen LogP contribution is -2.57. The molecule has 0 bridgehead atoms. The van der Waals surface area contributed by atoms with E-state index in [0.29, 0.717) is 18.7 Å². The van der Waals surface area contributed by atoms with Gasteiger partial charge in [0.1, 0.15) is 11.9 Å². The topological polar surface area (TPSA) is 76.0 Å². The molecule has 2 N–H and O–H groups in total. The third-order valence-electron chi connectivity index (χ3n) is 3.35. The zero-order chi connectivity index (χ0) is 14.8. The Bertz CT molecular complexity index is 512. The van der Waals surface area contributed by atoms with Crippen molar-refractivity contribution in [3.8, 4) is 0 Å². The smallest absolute Gasteiger partial charge is 0.243 e. The van der Waals surface area contributed by atoms with Crippen LogP contribution in [0.15, 0.2) is 12.4 Å². The molecule has 0 radical (unpaired) electrons. The van der Waals surface area contributed by atoms with Crippen molar-refractivity contribution in [1.29, 1.82) is 0 Å². The van der Waals surface area contributed by atoms with E-state index in [0.717, 1.165) is 5.82 Å². The van der Waals surface area contributed by atoms with Crippen molar-refractivity contribution in [2.45, 2.75) is 31.1 Å². The quantitative estimate of drug-likeness (QED) is 0.825. The third-order valence-corrected chi connectivity index (χ3v) is 4.76. The molecule has 1 aliphatic rings.